The van der Waals surface area contributed by atoms with Crippen molar-refractivity contribution in [2.24, 2.45) is 5.73 Å². The summed E-state index contributed by atoms with van der Waals surface area (Å²) in [5, 5.41) is 0. The molecule has 0 spiro atoms. The van der Waals surface area contributed by atoms with Crippen LogP contribution in [0, 0.1) is 13.8 Å². The molecule has 2 aromatic rings. The fourth-order valence-corrected chi connectivity index (χ4v) is 2.33. The highest BCUT2D eigenvalue weighted by Gasteiger charge is 2.10. The molecule has 2 aromatic carbocycles. The van der Waals surface area contributed by atoms with E-state index in [0.717, 1.165) is 22.6 Å². The summed E-state index contributed by atoms with van der Waals surface area (Å²) in [6.07, 6.45) is 0. The molecule has 0 radical (unpaired) electrons. The maximum absolute atomic E-state index is 6.03. The van der Waals surface area contributed by atoms with Gasteiger partial charge in [-0.25, -0.2) is 0 Å². The summed E-state index contributed by atoms with van der Waals surface area (Å²) in [7, 11) is 1.67. The Labute approximate surface area is 126 Å². The zero-order valence-corrected chi connectivity index (χ0v) is 13.1. The van der Waals surface area contributed by atoms with Crippen LogP contribution in [-0.2, 0) is 6.61 Å². The van der Waals surface area contributed by atoms with Crippen LogP contribution in [0.5, 0.6) is 11.5 Å². The van der Waals surface area contributed by atoms with Crippen LogP contribution in [0.4, 0.5) is 0 Å². The van der Waals surface area contributed by atoms with Crippen molar-refractivity contribution >= 4 is 0 Å². The third-order valence-corrected chi connectivity index (χ3v) is 3.47. The van der Waals surface area contributed by atoms with Crippen LogP contribution < -0.4 is 15.2 Å². The van der Waals surface area contributed by atoms with Gasteiger partial charge in [-0.05, 0) is 39.0 Å². The molecule has 0 aliphatic carbocycles. The summed E-state index contributed by atoms with van der Waals surface area (Å²) in [6.45, 7) is 6.55. The van der Waals surface area contributed by atoms with Gasteiger partial charge in [0.05, 0.1) is 7.11 Å². The van der Waals surface area contributed by atoms with Gasteiger partial charge in [-0.1, -0.05) is 29.3 Å². The molecular formula is C18H23NO2. The van der Waals surface area contributed by atoms with Crippen LogP contribution in [-0.4, -0.2) is 7.11 Å². The zero-order valence-electron chi connectivity index (χ0n) is 13.1. The smallest absolute Gasteiger partial charge is 0.125 e. The Bertz CT molecular complexity index is 621. The predicted molar refractivity (Wildman–Crippen MR) is 85.8 cm³/mol. The van der Waals surface area contributed by atoms with Crippen LogP contribution in [0.1, 0.15) is 35.2 Å². The molecule has 0 aromatic heterocycles. The van der Waals surface area contributed by atoms with Gasteiger partial charge in [-0.15, -0.1) is 0 Å². The molecule has 0 aliphatic heterocycles. The minimum atomic E-state index is -0.0562. The summed E-state index contributed by atoms with van der Waals surface area (Å²) in [6, 6.07) is 12.1. The van der Waals surface area contributed by atoms with Gasteiger partial charge in [0, 0.05) is 17.2 Å². The van der Waals surface area contributed by atoms with Crippen molar-refractivity contribution in [1.29, 1.82) is 0 Å². The minimum Gasteiger partial charge on any atom is -0.496 e. The summed E-state index contributed by atoms with van der Waals surface area (Å²) in [5.41, 5.74) is 10.5. The number of rotatable bonds is 5. The third-order valence-electron chi connectivity index (χ3n) is 3.47. The van der Waals surface area contributed by atoms with Crippen LogP contribution in [0.2, 0.25) is 0 Å². The van der Waals surface area contributed by atoms with Gasteiger partial charge in [0.2, 0.25) is 0 Å². The first-order valence-corrected chi connectivity index (χ1v) is 7.13. The molecule has 21 heavy (non-hydrogen) atoms. The Balaban J connectivity index is 2.22. The molecule has 1 atom stereocenters. The van der Waals surface area contributed by atoms with Crippen molar-refractivity contribution in [1.82, 2.24) is 0 Å². The van der Waals surface area contributed by atoms with E-state index in [1.165, 1.54) is 11.1 Å². The lowest BCUT2D eigenvalue weighted by molar-refractivity contribution is 0.292. The number of methoxy groups -OCH3 is 1. The Hall–Kier alpha value is -2.00. The number of nitrogens with two attached hydrogens (primary N) is 1. The molecule has 3 heteroatoms. The van der Waals surface area contributed by atoms with E-state index in [-0.39, 0.29) is 6.04 Å². The molecule has 0 aliphatic rings. The molecule has 112 valence electrons. The number of benzene rings is 2. The average Bonchev–Trinajstić information content (AvgIpc) is 2.46. The Morgan fingerprint density at radius 2 is 1.62 bits per heavy atom. The normalized spacial score (nSPS) is 12.0. The molecule has 0 saturated carbocycles. The molecule has 0 heterocycles. The lowest BCUT2D eigenvalue weighted by Crippen LogP contribution is -2.09. The van der Waals surface area contributed by atoms with Gasteiger partial charge in [0.1, 0.15) is 18.1 Å². The molecule has 0 unspecified atom stereocenters. The minimum absolute atomic E-state index is 0.0562. The van der Waals surface area contributed by atoms with Crippen molar-refractivity contribution in [2.45, 2.75) is 33.4 Å². The molecule has 0 saturated heterocycles. The standard InChI is InChI=1S/C18H23NO2/c1-12-5-7-17(20-4)15(9-12)11-21-18-8-6-13(2)10-16(18)14(3)19/h5-10,14H,11,19H2,1-4H3/t14-/m1/s1. The van der Waals surface area contributed by atoms with Gasteiger partial charge in [-0.2, -0.15) is 0 Å². The fraction of sp³-hybridized carbons (Fsp3) is 0.333. The van der Waals surface area contributed by atoms with Gasteiger partial charge in [-0.3, -0.25) is 0 Å². The van der Waals surface area contributed by atoms with Crippen molar-refractivity contribution in [2.75, 3.05) is 7.11 Å². The van der Waals surface area contributed by atoms with E-state index in [9.17, 15) is 0 Å². The summed E-state index contributed by atoms with van der Waals surface area (Å²) >= 11 is 0. The lowest BCUT2D eigenvalue weighted by Gasteiger charge is -2.16. The Morgan fingerprint density at radius 1 is 1.00 bits per heavy atom. The molecule has 0 fully saturated rings. The van der Waals surface area contributed by atoms with Crippen LogP contribution in [0.25, 0.3) is 0 Å². The first-order valence-electron chi connectivity index (χ1n) is 7.13. The van der Waals surface area contributed by atoms with E-state index in [0.29, 0.717) is 6.61 Å². The maximum atomic E-state index is 6.03. The molecule has 0 amide bonds. The second-order valence-electron chi connectivity index (χ2n) is 5.43. The maximum Gasteiger partial charge on any atom is 0.125 e. The molecule has 2 N–H and O–H groups in total. The van der Waals surface area contributed by atoms with Crippen molar-refractivity contribution in [3.63, 3.8) is 0 Å². The van der Waals surface area contributed by atoms with Gasteiger partial charge in [0.25, 0.3) is 0 Å². The number of aryl methyl sites for hydroxylation is 2. The fourth-order valence-electron chi connectivity index (χ4n) is 2.33. The van der Waals surface area contributed by atoms with Crippen LogP contribution in [0.3, 0.4) is 0 Å². The van der Waals surface area contributed by atoms with Crippen LogP contribution in [0.15, 0.2) is 36.4 Å². The highest BCUT2D eigenvalue weighted by atomic mass is 16.5. The summed E-state index contributed by atoms with van der Waals surface area (Å²) < 4.78 is 11.4. The van der Waals surface area contributed by atoms with E-state index in [2.05, 4.69) is 26.0 Å². The van der Waals surface area contributed by atoms with Crippen LogP contribution >= 0.6 is 0 Å². The van der Waals surface area contributed by atoms with Crippen molar-refractivity contribution in [3.8, 4) is 11.5 Å². The molecule has 3 nitrogen and oxygen atoms in total. The summed E-state index contributed by atoms with van der Waals surface area (Å²) in [5.74, 6) is 1.68. The highest BCUT2D eigenvalue weighted by Crippen LogP contribution is 2.27. The molecule has 2 rings (SSSR count). The van der Waals surface area contributed by atoms with E-state index >= 15 is 0 Å². The quantitative estimate of drug-likeness (QED) is 0.905. The summed E-state index contributed by atoms with van der Waals surface area (Å²) in [4.78, 5) is 0. The van der Waals surface area contributed by atoms with E-state index < -0.39 is 0 Å². The average molecular weight is 285 g/mol. The van der Waals surface area contributed by atoms with E-state index in [1.807, 2.05) is 31.2 Å². The third kappa shape index (κ3) is 3.76. The first-order chi connectivity index (χ1) is 10.0. The predicted octanol–water partition coefficient (Wildman–Crippen LogP) is 3.91. The lowest BCUT2D eigenvalue weighted by atomic mass is 10.1. The zero-order chi connectivity index (χ0) is 15.4. The SMILES string of the molecule is COc1ccc(C)cc1COc1ccc(C)cc1[C@@H](C)N. The van der Waals surface area contributed by atoms with E-state index in [1.54, 1.807) is 7.11 Å². The number of hydrogen-bond donors (Lipinski definition) is 1. The molecular weight excluding hydrogens is 262 g/mol. The van der Waals surface area contributed by atoms with Gasteiger partial charge >= 0.3 is 0 Å². The highest BCUT2D eigenvalue weighted by molar-refractivity contribution is 5.40. The number of hydrogen-bond acceptors (Lipinski definition) is 3. The second kappa shape index (κ2) is 6.64. The van der Waals surface area contributed by atoms with Crippen molar-refractivity contribution in [3.05, 3.63) is 58.7 Å². The molecule has 0 bridgehead atoms. The Morgan fingerprint density at radius 3 is 2.24 bits per heavy atom. The second-order valence-corrected chi connectivity index (χ2v) is 5.43. The van der Waals surface area contributed by atoms with Crippen molar-refractivity contribution < 1.29 is 9.47 Å². The Kier molecular flexibility index (Phi) is 4.86. The largest absolute Gasteiger partial charge is 0.496 e. The van der Waals surface area contributed by atoms with Gasteiger partial charge in [0.15, 0.2) is 0 Å². The van der Waals surface area contributed by atoms with E-state index in [4.69, 9.17) is 15.2 Å². The number of ether oxygens (including phenoxy) is 2. The monoisotopic (exact) mass is 285 g/mol. The van der Waals surface area contributed by atoms with Gasteiger partial charge < -0.3 is 15.2 Å². The first kappa shape index (κ1) is 15.4. The topological polar surface area (TPSA) is 44.5 Å².